The lowest BCUT2D eigenvalue weighted by Gasteiger charge is -2.05. The summed E-state index contributed by atoms with van der Waals surface area (Å²) in [5.74, 6) is 0.623. The van der Waals surface area contributed by atoms with Crippen LogP contribution in [0.2, 0.25) is 0 Å². The molecule has 47 valence electrons. The smallest absolute Gasteiger partial charge is 0.210 e. The van der Waals surface area contributed by atoms with E-state index in [1.165, 1.54) is 0 Å². The summed E-state index contributed by atoms with van der Waals surface area (Å²) in [6.07, 6.45) is 1.70. The van der Waals surface area contributed by atoms with Crippen molar-refractivity contribution in [2.75, 3.05) is 13.6 Å². The minimum atomic E-state index is 0.623. The number of nitriles is 1. The number of aliphatic imine (C=N–C) groups is 1. The molecule has 9 heavy (non-hydrogen) atoms. The Morgan fingerprint density at radius 3 is 3.22 bits per heavy atom. The van der Waals surface area contributed by atoms with E-state index in [2.05, 4.69) is 10.3 Å². The molecule has 1 fully saturated rings. The van der Waals surface area contributed by atoms with Gasteiger partial charge in [0.1, 0.15) is 0 Å². The highest BCUT2D eigenvalue weighted by molar-refractivity contribution is 5.83. The van der Waals surface area contributed by atoms with E-state index in [-0.39, 0.29) is 0 Å². The molecule has 0 atom stereocenters. The molecule has 0 aromatic heterocycles. The van der Waals surface area contributed by atoms with Crippen LogP contribution < -0.4 is 5.32 Å². The van der Waals surface area contributed by atoms with Crippen molar-refractivity contribution in [3.8, 4) is 6.19 Å². The van der Waals surface area contributed by atoms with E-state index in [0.29, 0.717) is 5.96 Å². The molecular formula is C5H7N4. The Balaban J connectivity index is 2.62. The maximum absolute atomic E-state index is 8.13. The molecule has 0 spiro atoms. The molecular weight excluding hydrogens is 116 g/mol. The molecule has 4 heteroatoms. The zero-order valence-electron chi connectivity index (χ0n) is 5.13. The van der Waals surface area contributed by atoms with Crippen molar-refractivity contribution in [1.82, 2.24) is 10.2 Å². The Hall–Kier alpha value is -1.24. The van der Waals surface area contributed by atoms with Gasteiger partial charge in [0.2, 0.25) is 12.2 Å². The predicted molar refractivity (Wildman–Crippen MR) is 33.1 cm³/mol. The van der Waals surface area contributed by atoms with Crippen molar-refractivity contribution in [2.45, 2.75) is 0 Å². The van der Waals surface area contributed by atoms with Gasteiger partial charge in [0, 0.05) is 13.6 Å². The van der Waals surface area contributed by atoms with Crippen LogP contribution in [0.4, 0.5) is 0 Å². The summed E-state index contributed by atoms with van der Waals surface area (Å²) < 4.78 is 0. The van der Waals surface area contributed by atoms with Gasteiger partial charge in [0.05, 0.1) is 6.54 Å². The Morgan fingerprint density at radius 2 is 2.78 bits per heavy atom. The zero-order valence-corrected chi connectivity index (χ0v) is 5.13. The van der Waals surface area contributed by atoms with Gasteiger partial charge in [-0.3, -0.25) is 0 Å². The molecule has 4 nitrogen and oxygen atoms in total. The van der Waals surface area contributed by atoms with Crippen molar-refractivity contribution in [1.29, 1.82) is 5.26 Å². The molecule has 1 saturated heterocycles. The van der Waals surface area contributed by atoms with E-state index >= 15 is 0 Å². The molecule has 0 aliphatic carbocycles. The average molecular weight is 123 g/mol. The lowest BCUT2D eigenvalue weighted by Crippen LogP contribution is -2.24. The third-order valence-corrected chi connectivity index (χ3v) is 1.12. The van der Waals surface area contributed by atoms with Gasteiger partial charge in [0.25, 0.3) is 0 Å². The highest BCUT2D eigenvalue weighted by Crippen LogP contribution is 1.95. The second kappa shape index (κ2) is 2.35. The minimum absolute atomic E-state index is 0.623. The average Bonchev–Trinajstić information content (AvgIpc) is 2.18. The molecule has 0 bridgehead atoms. The summed E-state index contributed by atoms with van der Waals surface area (Å²) >= 11 is 0. The van der Waals surface area contributed by atoms with E-state index in [1.807, 2.05) is 13.6 Å². The van der Waals surface area contributed by atoms with Crippen molar-refractivity contribution < 1.29 is 0 Å². The maximum atomic E-state index is 8.13. The Labute approximate surface area is 53.8 Å². The van der Waals surface area contributed by atoms with Crippen LogP contribution in [0.5, 0.6) is 0 Å². The normalized spacial score (nSPS) is 21.8. The number of hydrogen-bond donors (Lipinski definition) is 1. The SMILES string of the molecule is CN1[CH]CNC1=NC#N. The lowest BCUT2D eigenvalue weighted by molar-refractivity contribution is 0.645. The molecule has 0 aromatic rings. The first-order valence-corrected chi connectivity index (χ1v) is 2.61. The van der Waals surface area contributed by atoms with Crippen molar-refractivity contribution in [2.24, 2.45) is 4.99 Å². The highest BCUT2D eigenvalue weighted by Gasteiger charge is 2.12. The first-order valence-electron chi connectivity index (χ1n) is 2.61. The Kier molecular flexibility index (Phi) is 1.54. The van der Waals surface area contributed by atoms with Crippen LogP contribution in [0, 0.1) is 18.0 Å². The number of likely N-dealkylation sites (N-methyl/N-ethyl adjacent to an activating group) is 1. The molecule has 0 aromatic carbocycles. The van der Waals surface area contributed by atoms with Crippen LogP contribution in [0.1, 0.15) is 0 Å². The topological polar surface area (TPSA) is 51.4 Å². The van der Waals surface area contributed by atoms with E-state index in [0.717, 1.165) is 6.54 Å². The van der Waals surface area contributed by atoms with Gasteiger partial charge in [-0.1, -0.05) is 0 Å². The summed E-state index contributed by atoms with van der Waals surface area (Å²) in [5, 5.41) is 11.0. The fourth-order valence-electron chi connectivity index (χ4n) is 0.651. The van der Waals surface area contributed by atoms with Crippen molar-refractivity contribution >= 4 is 5.96 Å². The molecule has 1 aliphatic rings. The highest BCUT2D eigenvalue weighted by atomic mass is 15.3. The lowest BCUT2D eigenvalue weighted by atomic mass is 10.7. The van der Waals surface area contributed by atoms with Gasteiger partial charge >= 0.3 is 0 Å². The van der Waals surface area contributed by atoms with E-state index in [9.17, 15) is 0 Å². The first kappa shape index (κ1) is 5.89. The van der Waals surface area contributed by atoms with Crippen LogP contribution in [-0.4, -0.2) is 24.5 Å². The second-order valence-electron chi connectivity index (χ2n) is 1.71. The van der Waals surface area contributed by atoms with Crippen molar-refractivity contribution in [3.63, 3.8) is 0 Å². The molecule has 0 unspecified atom stereocenters. The molecule has 1 N–H and O–H groups in total. The van der Waals surface area contributed by atoms with Crippen molar-refractivity contribution in [3.05, 3.63) is 6.54 Å². The molecule has 1 heterocycles. The molecule has 1 rings (SSSR count). The summed E-state index contributed by atoms with van der Waals surface area (Å²) in [6.45, 7) is 2.67. The van der Waals surface area contributed by atoms with Crippen LogP contribution in [0.25, 0.3) is 0 Å². The zero-order chi connectivity index (χ0) is 6.69. The van der Waals surface area contributed by atoms with Gasteiger partial charge < -0.3 is 10.2 Å². The largest absolute Gasteiger partial charge is 0.353 e. The second-order valence-corrected chi connectivity index (χ2v) is 1.71. The number of rotatable bonds is 0. The third kappa shape index (κ3) is 1.11. The minimum Gasteiger partial charge on any atom is -0.353 e. The Morgan fingerprint density at radius 1 is 2.00 bits per heavy atom. The summed E-state index contributed by atoms with van der Waals surface area (Å²) in [4.78, 5) is 5.29. The van der Waals surface area contributed by atoms with Gasteiger partial charge in [-0.05, 0) is 0 Å². The predicted octanol–water partition coefficient (Wildman–Crippen LogP) is -0.480. The van der Waals surface area contributed by atoms with Gasteiger partial charge in [-0.25, -0.2) is 0 Å². The fraction of sp³-hybridized carbons (Fsp3) is 0.400. The number of nitrogens with one attached hydrogen (secondary N) is 1. The van der Waals surface area contributed by atoms with Crippen LogP contribution >= 0.6 is 0 Å². The molecule has 0 amide bonds. The van der Waals surface area contributed by atoms with Gasteiger partial charge in [-0.15, -0.1) is 4.99 Å². The van der Waals surface area contributed by atoms with Crippen LogP contribution in [-0.2, 0) is 0 Å². The fourth-order valence-corrected chi connectivity index (χ4v) is 0.651. The maximum Gasteiger partial charge on any atom is 0.210 e. The Bertz CT molecular complexity index is 166. The van der Waals surface area contributed by atoms with Gasteiger partial charge in [-0.2, -0.15) is 5.26 Å². The molecule has 1 radical (unpaired) electrons. The number of nitrogens with zero attached hydrogens (tertiary/aromatic N) is 3. The molecule has 1 aliphatic heterocycles. The third-order valence-electron chi connectivity index (χ3n) is 1.12. The summed E-state index contributed by atoms with van der Waals surface area (Å²) in [6, 6.07) is 0. The summed E-state index contributed by atoms with van der Waals surface area (Å²) in [7, 11) is 1.84. The van der Waals surface area contributed by atoms with E-state index < -0.39 is 0 Å². The van der Waals surface area contributed by atoms with E-state index in [1.54, 1.807) is 11.1 Å². The monoisotopic (exact) mass is 123 g/mol. The molecule has 0 saturated carbocycles. The number of hydrogen-bond acceptors (Lipinski definition) is 2. The first-order chi connectivity index (χ1) is 4.34. The summed E-state index contributed by atoms with van der Waals surface area (Å²) in [5.41, 5.74) is 0. The number of guanidine groups is 1. The van der Waals surface area contributed by atoms with Crippen LogP contribution in [0.3, 0.4) is 0 Å². The van der Waals surface area contributed by atoms with Gasteiger partial charge in [0.15, 0.2) is 0 Å². The van der Waals surface area contributed by atoms with E-state index in [4.69, 9.17) is 5.26 Å². The quantitative estimate of drug-likeness (QED) is 0.442. The van der Waals surface area contributed by atoms with Crippen LogP contribution in [0.15, 0.2) is 4.99 Å². The standard InChI is InChI=1S/C5H7N4/c1-9-3-2-7-5(9)8-4-6/h3H,2H2,1H3,(H,7,8).